The number of ether oxygens (including phenoxy) is 3. The van der Waals surface area contributed by atoms with Gasteiger partial charge in [-0.25, -0.2) is 0 Å². The van der Waals surface area contributed by atoms with Gasteiger partial charge in [0.05, 0.1) is 11.6 Å². The van der Waals surface area contributed by atoms with E-state index in [9.17, 15) is 0 Å². The zero-order valence-corrected chi connectivity index (χ0v) is 17.1. The van der Waals surface area contributed by atoms with E-state index in [2.05, 4.69) is 11.9 Å². The fraction of sp³-hybridized carbons (Fsp3) is 0.167. The second-order valence-corrected chi connectivity index (χ2v) is 6.64. The molecule has 0 radical (unpaired) electrons. The monoisotopic (exact) mass is 409 g/mol. The zero-order valence-electron chi connectivity index (χ0n) is 16.4. The topological polar surface area (TPSA) is 39.7 Å². The predicted molar refractivity (Wildman–Crippen MR) is 119 cm³/mol. The Morgan fingerprint density at radius 1 is 0.966 bits per heavy atom. The van der Waals surface area contributed by atoms with Crippen molar-refractivity contribution in [3.05, 3.63) is 90.0 Å². The van der Waals surface area contributed by atoms with E-state index in [4.69, 9.17) is 25.8 Å². The van der Waals surface area contributed by atoms with Crippen LogP contribution in [0.1, 0.15) is 12.5 Å². The van der Waals surface area contributed by atoms with Gasteiger partial charge in [-0.3, -0.25) is 0 Å². The van der Waals surface area contributed by atoms with Gasteiger partial charge < -0.3 is 19.5 Å². The molecule has 0 aromatic heterocycles. The van der Waals surface area contributed by atoms with Gasteiger partial charge in [0.2, 0.25) is 0 Å². The third-order valence-corrected chi connectivity index (χ3v) is 4.33. The van der Waals surface area contributed by atoms with E-state index in [0.29, 0.717) is 36.3 Å². The first-order valence-electron chi connectivity index (χ1n) is 9.45. The number of halogens is 1. The zero-order chi connectivity index (χ0) is 20.5. The molecule has 4 nitrogen and oxygen atoms in total. The molecule has 0 fully saturated rings. The van der Waals surface area contributed by atoms with Crippen LogP contribution in [0.3, 0.4) is 0 Å². The normalized spacial score (nSPS) is 10.3. The van der Waals surface area contributed by atoms with Gasteiger partial charge in [-0.1, -0.05) is 42.5 Å². The summed E-state index contributed by atoms with van der Waals surface area (Å²) >= 11 is 6.40. The largest absolute Gasteiger partial charge is 0.490 e. The Morgan fingerprint density at radius 3 is 2.38 bits per heavy atom. The van der Waals surface area contributed by atoms with Crippen molar-refractivity contribution in [2.45, 2.75) is 13.5 Å². The Hall–Kier alpha value is -3.11. The van der Waals surface area contributed by atoms with Gasteiger partial charge >= 0.3 is 0 Å². The molecule has 3 aromatic carbocycles. The van der Waals surface area contributed by atoms with E-state index in [1.54, 1.807) is 6.08 Å². The Bertz CT molecular complexity index is 927. The van der Waals surface area contributed by atoms with Crippen LogP contribution < -0.4 is 19.5 Å². The van der Waals surface area contributed by atoms with Crippen molar-refractivity contribution in [2.75, 3.05) is 18.5 Å². The minimum atomic E-state index is 0.370. The van der Waals surface area contributed by atoms with Crippen LogP contribution in [0.15, 0.2) is 79.4 Å². The summed E-state index contributed by atoms with van der Waals surface area (Å²) in [5.74, 6) is 2.77. The molecule has 0 atom stereocenters. The molecule has 0 aliphatic carbocycles. The molecule has 0 aliphatic rings. The van der Waals surface area contributed by atoms with Crippen LogP contribution >= 0.6 is 11.6 Å². The molecule has 0 saturated heterocycles. The maximum absolute atomic E-state index is 6.40. The summed E-state index contributed by atoms with van der Waals surface area (Å²) < 4.78 is 17.1. The minimum absolute atomic E-state index is 0.370. The van der Waals surface area contributed by atoms with Crippen molar-refractivity contribution < 1.29 is 14.2 Å². The SMILES string of the molecule is C=CCOc1c(Cl)cc(CNc2ccc(Oc3ccccc3)cc2)cc1OCC. The maximum Gasteiger partial charge on any atom is 0.180 e. The molecule has 1 N–H and O–H groups in total. The molecule has 3 rings (SSSR count). The Labute approximate surface area is 176 Å². The summed E-state index contributed by atoms with van der Waals surface area (Å²) in [4.78, 5) is 0. The van der Waals surface area contributed by atoms with E-state index < -0.39 is 0 Å². The van der Waals surface area contributed by atoms with E-state index in [1.165, 1.54) is 0 Å². The molecule has 0 aliphatic heterocycles. The summed E-state index contributed by atoms with van der Waals surface area (Å²) in [6.07, 6.45) is 1.67. The van der Waals surface area contributed by atoms with E-state index in [-0.39, 0.29) is 0 Å². The quantitative estimate of drug-likeness (QED) is 0.378. The average molecular weight is 410 g/mol. The predicted octanol–water partition coefficient (Wildman–Crippen LogP) is 6.71. The van der Waals surface area contributed by atoms with Crippen LogP contribution in [-0.4, -0.2) is 13.2 Å². The molecule has 0 unspecified atom stereocenters. The van der Waals surface area contributed by atoms with Crippen molar-refractivity contribution >= 4 is 17.3 Å². The highest BCUT2D eigenvalue weighted by Gasteiger charge is 2.12. The number of benzene rings is 3. The van der Waals surface area contributed by atoms with Crippen LogP contribution in [0.2, 0.25) is 5.02 Å². The molecule has 150 valence electrons. The van der Waals surface area contributed by atoms with Crippen molar-refractivity contribution in [3.8, 4) is 23.0 Å². The standard InChI is InChI=1S/C24H24ClNO3/c1-3-14-28-24-22(25)15-18(16-23(24)27-4-2)17-26-19-10-12-21(13-11-19)29-20-8-6-5-7-9-20/h3,5-13,15-16,26H,1,4,14,17H2,2H3. The highest BCUT2D eigenvalue weighted by molar-refractivity contribution is 6.32. The smallest absolute Gasteiger partial charge is 0.180 e. The van der Waals surface area contributed by atoms with Crippen LogP contribution in [0.4, 0.5) is 5.69 Å². The summed E-state index contributed by atoms with van der Waals surface area (Å²) in [5.41, 5.74) is 1.97. The molecular formula is C24H24ClNO3. The molecule has 0 bridgehead atoms. The first kappa shape index (κ1) is 20.6. The first-order valence-corrected chi connectivity index (χ1v) is 9.83. The van der Waals surface area contributed by atoms with Gasteiger partial charge in [0, 0.05) is 12.2 Å². The van der Waals surface area contributed by atoms with Crippen molar-refractivity contribution in [2.24, 2.45) is 0 Å². The van der Waals surface area contributed by atoms with E-state index in [1.807, 2.05) is 73.7 Å². The molecular weight excluding hydrogens is 386 g/mol. The van der Waals surface area contributed by atoms with Gasteiger partial charge in [-0.05, 0) is 61.0 Å². The molecule has 0 amide bonds. The Kier molecular flexibility index (Phi) is 7.42. The van der Waals surface area contributed by atoms with Crippen molar-refractivity contribution in [1.29, 1.82) is 0 Å². The first-order chi connectivity index (χ1) is 14.2. The Morgan fingerprint density at radius 2 is 1.69 bits per heavy atom. The number of para-hydroxylation sites is 1. The lowest BCUT2D eigenvalue weighted by Gasteiger charge is -2.15. The molecule has 0 heterocycles. The van der Waals surface area contributed by atoms with Gasteiger partial charge in [0.15, 0.2) is 11.5 Å². The lowest BCUT2D eigenvalue weighted by molar-refractivity contribution is 0.297. The summed E-state index contributed by atoms with van der Waals surface area (Å²) in [7, 11) is 0. The van der Waals surface area contributed by atoms with Gasteiger partial charge in [0.25, 0.3) is 0 Å². The fourth-order valence-corrected chi connectivity index (χ4v) is 3.03. The van der Waals surface area contributed by atoms with E-state index >= 15 is 0 Å². The highest BCUT2D eigenvalue weighted by atomic mass is 35.5. The number of hydrogen-bond acceptors (Lipinski definition) is 4. The summed E-state index contributed by atoms with van der Waals surface area (Å²) in [6.45, 7) is 7.08. The Balaban J connectivity index is 1.65. The highest BCUT2D eigenvalue weighted by Crippen LogP contribution is 2.37. The lowest BCUT2D eigenvalue weighted by atomic mass is 10.2. The minimum Gasteiger partial charge on any atom is -0.490 e. The number of anilines is 1. The van der Waals surface area contributed by atoms with Crippen LogP contribution in [0.5, 0.6) is 23.0 Å². The van der Waals surface area contributed by atoms with Gasteiger partial charge in [0.1, 0.15) is 18.1 Å². The van der Waals surface area contributed by atoms with Crippen molar-refractivity contribution in [1.82, 2.24) is 0 Å². The van der Waals surface area contributed by atoms with Crippen LogP contribution in [-0.2, 0) is 6.54 Å². The molecule has 5 heteroatoms. The molecule has 29 heavy (non-hydrogen) atoms. The summed E-state index contributed by atoms with van der Waals surface area (Å²) in [5, 5.41) is 3.90. The average Bonchev–Trinajstić information content (AvgIpc) is 2.74. The second kappa shape index (κ2) is 10.4. The molecule has 0 spiro atoms. The number of rotatable bonds is 10. The van der Waals surface area contributed by atoms with Crippen molar-refractivity contribution in [3.63, 3.8) is 0 Å². The lowest BCUT2D eigenvalue weighted by Crippen LogP contribution is -2.03. The van der Waals surface area contributed by atoms with Gasteiger partial charge in [-0.15, -0.1) is 0 Å². The van der Waals surface area contributed by atoms with Crippen LogP contribution in [0, 0.1) is 0 Å². The third-order valence-electron chi connectivity index (χ3n) is 4.04. The fourth-order valence-electron chi connectivity index (χ4n) is 2.74. The molecule has 3 aromatic rings. The summed E-state index contributed by atoms with van der Waals surface area (Å²) in [6, 6.07) is 21.3. The second-order valence-electron chi connectivity index (χ2n) is 6.23. The number of nitrogens with one attached hydrogen (secondary N) is 1. The number of hydrogen-bond donors (Lipinski definition) is 1. The molecule has 0 saturated carbocycles. The van der Waals surface area contributed by atoms with Gasteiger partial charge in [-0.2, -0.15) is 0 Å². The maximum atomic E-state index is 6.40. The van der Waals surface area contributed by atoms with Crippen LogP contribution in [0.25, 0.3) is 0 Å². The third kappa shape index (κ3) is 5.93. The van der Waals surface area contributed by atoms with E-state index in [0.717, 1.165) is 22.7 Å².